The van der Waals surface area contributed by atoms with Gasteiger partial charge >= 0.3 is 5.97 Å². The van der Waals surface area contributed by atoms with Crippen molar-refractivity contribution in [1.82, 2.24) is 0 Å². The molecule has 0 spiro atoms. The molecule has 3 nitrogen and oxygen atoms in total. The molecule has 0 amide bonds. The molecule has 0 unspecified atom stereocenters. The minimum Gasteiger partial charge on any atom is -0.469 e. The fourth-order valence-corrected chi connectivity index (χ4v) is 3.43. The van der Waals surface area contributed by atoms with Crippen molar-refractivity contribution in [2.45, 2.75) is 6.42 Å². The Kier molecular flexibility index (Phi) is 2.97. The van der Waals surface area contributed by atoms with Crippen molar-refractivity contribution >= 4 is 11.8 Å². The summed E-state index contributed by atoms with van der Waals surface area (Å²) in [6, 6.07) is 9.21. The van der Waals surface area contributed by atoms with E-state index < -0.39 is 0 Å². The van der Waals surface area contributed by atoms with Gasteiger partial charge in [-0.25, -0.2) is 0 Å². The standard InChI is InChI=1S/C16H16O3/c1-19-16(18)14-12-8-7-11(9-12)13(14)15(17)10-5-3-2-4-6-10/h2-8,11-14H,9H2,1H3/t11-,12+,13-,14-/m0/s1. The van der Waals surface area contributed by atoms with Crippen LogP contribution in [0.4, 0.5) is 0 Å². The summed E-state index contributed by atoms with van der Waals surface area (Å²) in [7, 11) is 1.39. The van der Waals surface area contributed by atoms with Gasteiger partial charge < -0.3 is 4.74 Å². The van der Waals surface area contributed by atoms with E-state index in [4.69, 9.17) is 4.74 Å². The van der Waals surface area contributed by atoms with Gasteiger partial charge in [0.2, 0.25) is 0 Å². The van der Waals surface area contributed by atoms with E-state index in [9.17, 15) is 9.59 Å². The second-order valence-corrected chi connectivity index (χ2v) is 5.25. The summed E-state index contributed by atoms with van der Waals surface area (Å²) in [5.74, 6) is -0.423. The lowest BCUT2D eigenvalue weighted by atomic mass is 9.78. The van der Waals surface area contributed by atoms with Gasteiger partial charge in [0.15, 0.2) is 5.78 Å². The molecule has 0 N–H and O–H groups in total. The van der Waals surface area contributed by atoms with Crippen LogP contribution in [0.3, 0.4) is 0 Å². The lowest BCUT2D eigenvalue weighted by molar-refractivity contribution is -0.147. The Balaban J connectivity index is 1.92. The molecule has 0 aromatic heterocycles. The van der Waals surface area contributed by atoms with Crippen LogP contribution >= 0.6 is 0 Å². The fourth-order valence-electron chi connectivity index (χ4n) is 3.43. The third-order valence-corrected chi connectivity index (χ3v) is 4.29. The topological polar surface area (TPSA) is 43.4 Å². The number of ketones is 1. The van der Waals surface area contributed by atoms with Crippen LogP contribution in [0, 0.1) is 23.7 Å². The van der Waals surface area contributed by atoms with Gasteiger partial charge in [-0.3, -0.25) is 9.59 Å². The molecule has 98 valence electrons. The molecule has 3 rings (SSSR count). The van der Waals surface area contributed by atoms with Crippen molar-refractivity contribution < 1.29 is 14.3 Å². The molecule has 0 aliphatic heterocycles. The predicted octanol–water partition coefficient (Wildman–Crippen LogP) is 2.48. The van der Waals surface area contributed by atoms with Crippen molar-refractivity contribution in [2.24, 2.45) is 23.7 Å². The van der Waals surface area contributed by atoms with Crippen LogP contribution in [0.1, 0.15) is 16.8 Å². The number of benzene rings is 1. The number of allylic oxidation sites excluding steroid dienone is 2. The first-order chi connectivity index (χ1) is 9.22. The molecule has 1 aromatic rings. The van der Waals surface area contributed by atoms with Crippen LogP contribution < -0.4 is 0 Å². The molecule has 1 saturated carbocycles. The van der Waals surface area contributed by atoms with Crippen LogP contribution in [0.25, 0.3) is 0 Å². The number of rotatable bonds is 3. The summed E-state index contributed by atoms with van der Waals surface area (Å²) in [5, 5.41) is 0. The van der Waals surface area contributed by atoms with E-state index in [0.29, 0.717) is 5.56 Å². The second kappa shape index (κ2) is 4.65. The third-order valence-electron chi connectivity index (χ3n) is 4.29. The molecule has 2 aliphatic rings. The number of carbonyl (C=O) groups excluding carboxylic acids is 2. The summed E-state index contributed by atoms with van der Waals surface area (Å²) < 4.78 is 4.88. The van der Waals surface area contributed by atoms with Crippen LogP contribution in [-0.2, 0) is 9.53 Å². The zero-order chi connectivity index (χ0) is 13.4. The van der Waals surface area contributed by atoms with Crippen LogP contribution in [0.2, 0.25) is 0 Å². The number of fused-ring (bicyclic) bond motifs is 2. The summed E-state index contributed by atoms with van der Waals surface area (Å²) in [5.41, 5.74) is 0.683. The molecule has 0 heterocycles. The van der Waals surface area contributed by atoms with E-state index in [-0.39, 0.29) is 35.4 Å². The first-order valence-electron chi connectivity index (χ1n) is 6.58. The zero-order valence-electron chi connectivity index (χ0n) is 10.8. The number of Topliss-reactive ketones (excluding diaryl/α,β-unsaturated/α-hetero) is 1. The van der Waals surface area contributed by atoms with E-state index in [1.165, 1.54) is 7.11 Å². The molecule has 4 atom stereocenters. The third kappa shape index (κ3) is 1.89. The second-order valence-electron chi connectivity index (χ2n) is 5.25. The molecular formula is C16H16O3. The summed E-state index contributed by atoms with van der Waals surface area (Å²) in [6.07, 6.45) is 5.03. The summed E-state index contributed by atoms with van der Waals surface area (Å²) in [4.78, 5) is 24.6. The van der Waals surface area contributed by atoms with E-state index in [0.717, 1.165) is 6.42 Å². The molecule has 2 aliphatic carbocycles. The maximum atomic E-state index is 12.6. The van der Waals surface area contributed by atoms with Gasteiger partial charge in [-0.2, -0.15) is 0 Å². The Bertz CT molecular complexity index is 532. The first kappa shape index (κ1) is 12.2. The largest absolute Gasteiger partial charge is 0.469 e. The molecular weight excluding hydrogens is 240 g/mol. The molecule has 0 saturated heterocycles. The van der Waals surface area contributed by atoms with Gasteiger partial charge in [-0.05, 0) is 18.3 Å². The number of methoxy groups -OCH3 is 1. The Morgan fingerprint density at radius 3 is 2.32 bits per heavy atom. The molecule has 0 radical (unpaired) electrons. The molecule has 3 heteroatoms. The van der Waals surface area contributed by atoms with Crippen molar-refractivity contribution in [3.05, 3.63) is 48.0 Å². The van der Waals surface area contributed by atoms with Gasteiger partial charge in [0.05, 0.1) is 13.0 Å². The predicted molar refractivity (Wildman–Crippen MR) is 70.5 cm³/mol. The van der Waals surface area contributed by atoms with E-state index in [1.807, 2.05) is 30.3 Å². The zero-order valence-corrected chi connectivity index (χ0v) is 10.8. The van der Waals surface area contributed by atoms with Crippen LogP contribution in [-0.4, -0.2) is 18.9 Å². The molecule has 19 heavy (non-hydrogen) atoms. The highest BCUT2D eigenvalue weighted by Crippen LogP contribution is 2.49. The number of carbonyl (C=O) groups is 2. The maximum Gasteiger partial charge on any atom is 0.310 e. The molecule has 1 fully saturated rings. The minimum absolute atomic E-state index is 0.0628. The normalized spacial score (nSPS) is 31.4. The van der Waals surface area contributed by atoms with Crippen molar-refractivity contribution in [1.29, 1.82) is 0 Å². The summed E-state index contributed by atoms with van der Waals surface area (Å²) in [6.45, 7) is 0. The number of hydrogen-bond donors (Lipinski definition) is 0. The average molecular weight is 256 g/mol. The average Bonchev–Trinajstić information content (AvgIpc) is 3.07. The van der Waals surface area contributed by atoms with Crippen LogP contribution in [0.15, 0.2) is 42.5 Å². The minimum atomic E-state index is -0.312. The van der Waals surface area contributed by atoms with Crippen LogP contribution in [0.5, 0.6) is 0 Å². The Morgan fingerprint density at radius 2 is 1.68 bits per heavy atom. The lowest BCUT2D eigenvalue weighted by Gasteiger charge is -2.24. The van der Waals surface area contributed by atoms with E-state index in [2.05, 4.69) is 12.2 Å². The van der Waals surface area contributed by atoms with Gasteiger partial charge in [0, 0.05) is 11.5 Å². The van der Waals surface area contributed by atoms with E-state index >= 15 is 0 Å². The Morgan fingerprint density at radius 1 is 1.05 bits per heavy atom. The highest BCUT2D eigenvalue weighted by molar-refractivity contribution is 6.01. The lowest BCUT2D eigenvalue weighted by Crippen LogP contribution is -2.33. The van der Waals surface area contributed by atoms with Gasteiger partial charge in [-0.15, -0.1) is 0 Å². The quantitative estimate of drug-likeness (QED) is 0.474. The molecule has 2 bridgehead atoms. The number of hydrogen-bond acceptors (Lipinski definition) is 3. The highest BCUT2D eigenvalue weighted by Gasteiger charge is 2.51. The fraction of sp³-hybridized carbons (Fsp3) is 0.375. The maximum absolute atomic E-state index is 12.6. The summed E-state index contributed by atoms with van der Waals surface area (Å²) >= 11 is 0. The number of esters is 1. The van der Waals surface area contributed by atoms with Gasteiger partial charge in [0.1, 0.15) is 0 Å². The monoisotopic (exact) mass is 256 g/mol. The van der Waals surface area contributed by atoms with Crippen molar-refractivity contribution in [3.63, 3.8) is 0 Å². The van der Waals surface area contributed by atoms with Gasteiger partial charge in [-0.1, -0.05) is 42.5 Å². The first-order valence-corrected chi connectivity index (χ1v) is 6.58. The highest BCUT2D eigenvalue weighted by atomic mass is 16.5. The SMILES string of the molecule is COC(=O)[C@@H]1[C@@H](C(=O)c2ccccc2)[C@H]2C=C[C@@H]1C2. The van der Waals surface area contributed by atoms with Crippen molar-refractivity contribution in [2.75, 3.05) is 7.11 Å². The van der Waals surface area contributed by atoms with Crippen molar-refractivity contribution in [3.8, 4) is 0 Å². The van der Waals surface area contributed by atoms with E-state index in [1.54, 1.807) is 0 Å². The Labute approximate surface area is 112 Å². The smallest absolute Gasteiger partial charge is 0.310 e. The number of ether oxygens (including phenoxy) is 1. The Hall–Kier alpha value is -1.90. The van der Waals surface area contributed by atoms with Gasteiger partial charge in [0.25, 0.3) is 0 Å². The molecule has 1 aromatic carbocycles.